The highest BCUT2D eigenvalue weighted by molar-refractivity contribution is 6.15. The molecule has 1 aliphatic rings. The molecule has 1 saturated heterocycles. The lowest BCUT2D eigenvalue weighted by atomic mass is 10.0. The van der Waals surface area contributed by atoms with Gasteiger partial charge in [0, 0.05) is 0 Å². The van der Waals surface area contributed by atoms with Crippen LogP contribution in [0.3, 0.4) is 0 Å². The van der Waals surface area contributed by atoms with Gasteiger partial charge in [0.15, 0.2) is 5.78 Å². The number of amides is 1. The number of carbonyl (C=O) groups excluding carboxylic acids is 2. The Morgan fingerprint density at radius 2 is 1.70 bits per heavy atom. The third-order valence-electron chi connectivity index (χ3n) is 3.36. The van der Waals surface area contributed by atoms with Gasteiger partial charge in [0.1, 0.15) is 5.75 Å². The fraction of sp³-hybridized carbons (Fsp3) is 0.125. The van der Waals surface area contributed by atoms with Crippen LogP contribution in [0.2, 0.25) is 0 Å². The fourth-order valence-corrected chi connectivity index (χ4v) is 2.35. The number of carbonyl (C=O) groups is 2. The highest BCUT2D eigenvalue weighted by atomic mass is 16.3. The SMILES string of the molecule is O=C1CC(=O)N(c2cc(-c3ccccc3)ccc2O)C1. The van der Waals surface area contributed by atoms with Crippen LogP contribution < -0.4 is 4.90 Å². The van der Waals surface area contributed by atoms with Crippen LogP contribution in [0.15, 0.2) is 48.5 Å². The maximum absolute atomic E-state index is 11.8. The summed E-state index contributed by atoms with van der Waals surface area (Å²) < 4.78 is 0. The Morgan fingerprint density at radius 3 is 2.35 bits per heavy atom. The molecule has 1 amide bonds. The van der Waals surface area contributed by atoms with E-state index < -0.39 is 0 Å². The summed E-state index contributed by atoms with van der Waals surface area (Å²) in [5, 5.41) is 9.94. The molecule has 0 radical (unpaired) electrons. The number of benzene rings is 2. The van der Waals surface area contributed by atoms with Crippen LogP contribution in [0.5, 0.6) is 5.75 Å². The van der Waals surface area contributed by atoms with E-state index >= 15 is 0 Å². The highest BCUT2D eigenvalue weighted by Gasteiger charge is 2.30. The molecule has 0 unspecified atom stereocenters. The first-order valence-corrected chi connectivity index (χ1v) is 6.35. The molecule has 0 atom stereocenters. The van der Waals surface area contributed by atoms with Crippen molar-refractivity contribution in [3.8, 4) is 16.9 Å². The smallest absolute Gasteiger partial charge is 0.235 e. The zero-order valence-corrected chi connectivity index (χ0v) is 10.7. The molecular weight excluding hydrogens is 254 g/mol. The summed E-state index contributed by atoms with van der Waals surface area (Å²) in [6, 6.07) is 14.7. The zero-order valence-electron chi connectivity index (χ0n) is 10.7. The average molecular weight is 267 g/mol. The van der Waals surface area contributed by atoms with Crippen molar-refractivity contribution in [3.05, 3.63) is 48.5 Å². The predicted molar refractivity (Wildman–Crippen MR) is 75.5 cm³/mol. The molecule has 0 aliphatic carbocycles. The number of phenolic OH excluding ortho intramolecular Hbond substituents is 1. The number of aromatic hydroxyl groups is 1. The molecule has 4 nitrogen and oxygen atoms in total. The van der Waals surface area contributed by atoms with Crippen molar-refractivity contribution in [3.63, 3.8) is 0 Å². The van der Waals surface area contributed by atoms with E-state index in [-0.39, 0.29) is 30.4 Å². The van der Waals surface area contributed by atoms with Gasteiger partial charge in [0.05, 0.1) is 18.7 Å². The van der Waals surface area contributed by atoms with Gasteiger partial charge in [-0.15, -0.1) is 0 Å². The number of rotatable bonds is 2. The molecule has 100 valence electrons. The van der Waals surface area contributed by atoms with Crippen LogP contribution in [-0.2, 0) is 9.59 Å². The first-order chi connectivity index (χ1) is 9.65. The van der Waals surface area contributed by atoms with Crippen molar-refractivity contribution in [2.75, 3.05) is 11.4 Å². The van der Waals surface area contributed by atoms with Gasteiger partial charge < -0.3 is 10.0 Å². The van der Waals surface area contributed by atoms with Crippen molar-refractivity contribution in [2.45, 2.75) is 6.42 Å². The Labute approximate surface area is 116 Å². The van der Waals surface area contributed by atoms with Crippen molar-refractivity contribution >= 4 is 17.4 Å². The molecule has 2 aromatic carbocycles. The number of hydrogen-bond donors (Lipinski definition) is 1. The van der Waals surface area contributed by atoms with E-state index in [1.807, 2.05) is 30.3 Å². The second-order valence-electron chi connectivity index (χ2n) is 4.76. The van der Waals surface area contributed by atoms with Gasteiger partial charge in [-0.25, -0.2) is 0 Å². The molecule has 4 heteroatoms. The lowest BCUT2D eigenvalue weighted by Gasteiger charge is -2.17. The molecule has 0 aromatic heterocycles. The van der Waals surface area contributed by atoms with Gasteiger partial charge in [-0.2, -0.15) is 0 Å². The molecule has 1 heterocycles. The summed E-state index contributed by atoms with van der Waals surface area (Å²) in [5.41, 5.74) is 2.28. The fourth-order valence-electron chi connectivity index (χ4n) is 2.35. The number of Topliss-reactive ketones (excluding diaryl/α,β-unsaturated/α-hetero) is 1. The Kier molecular flexibility index (Phi) is 2.99. The van der Waals surface area contributed by atoms with E-state index in [9.17, 15) is 14.7 Å². The lowest BCUT2D eigenvalue weighted by Crippen LogP contribution is -2.24. The van der Waals surface area contributed by atoms with Crippen molar-refractivity contribution in [1.29, 1.82) is 0 Å². The minimum Gasteiger partial charge on any atom is -0.506 e. The van der Waals surface area contributed by atoms with Gasteiger partial charge in [0.25, 0.3) is 0 Å². The summed E-state index contributed by atoms with van der Waals surface area (Å²) in [6.45, 7) is 0.0324. The molecule has 3 rings (SSSR count). The van der Waals surface area contributed by atoms with Crippen LogP contribution in [-0.4, -0.2) is 23.3 Å². The normalized spacial score (nSPS) is 14.9. The second-order valence-corrected chi connectivity index (χ2v) is 4.76. The number of anilines is 1. The average Bonchev–Trinajstić information content (AvgIpc) is 2.79. The Hall–Kier alpha value is -2.62. The van der Waals surface area contributed by atoms with Crippen molar-refractivity contribution < 1.29 is 14.7 Å². The number of hydrogen-bond acceptors (Lipinski definition) is 3. The Bertz CT molecular complexity index is 679. The zero-order chi connectivity index (χ0) is 14.1. The largest absolute Gasteiger partial charge is 0.506 e. The van der Waals surface area contributed by atoms with Gasteiger partial charge in [-0.05, 0) is 23.3 Å². The third-order valence-corrected chi connectivity index (χ3v) is 3.36. The molecule has 1 fully saturated rings. The lowest BCUT2D eigenvalue weighted by molar-refractivity contribution is -0.121. The van der Waals surface area contributed by atoms with E-state index in [1.54, 1.807) is 18.2 Å². The Morgan fingerprint density at radius 1 is 0.950 bits per heavy atom. The maximum atomic E-state index is 11.8. The van der Waals surface area contributed by atoms with Gasteiger partial charge in [-0.1, -0.05) is 36.4 Å². The van der Waals surface area contributed by atoms with Crippen molar-refractivity contribution in [2.24, 2.45) is 0 Å². The minimum absolute atomic E-state index is 0.00716. The van der Waals surface area contributed by atoms with Gasteiger partial charge in [0.2, 0.25) is 5.91 Å². The third kappa shape index (κ3) is 2.16. The van der Waals surface area contributed by atoms with E-state index in [0.29, 0.717) is 5.69 Å². The first kappa shape index (κ1) is 12.4. The Balaban J connectivity index is 2.04. The monoisotopic (exact) mass is 267 g/mol. The molecule has 20 heavy (non-hydrogen) atoms. The quantitative estimate of drug-likeness (QED) is 0.850. The molecule has 0 bridgehead atoms. The molecule has 0 spiro atoms. The van der Waals surface area contributed by atoms with E-state index in [1.165, 1.54) is 4.90 Å². The minimum atomic E-state index is -0.268. The summed E-state index contributed by atoms with van der Waals surface area (Å²) in [5.74, 6) is -0.386. The van der Waals surface area contributed by atoms with E-state index in [0.717, 1.165) is 11.1 Å². The number of ketones is 1. The van der Waals surface area contributed by atoms with Crippen molar-refractivity contribution in [1.82, 2.24) is 0 Å². The molecule has 1 N–H and O–H groups in total. The van der Waals surface area contributed by atoms with Gasteiger partial charge in [-0.3, -0.25) is 9.59 Å². The van der Waals surface area contributed by atoms with E-state index in [4.69, 9.17) is 0 Å². The van der Waals surface area contributed by atoms with Crippen LogP contribution in [0.1, 0.15) is 6.42 Å². The van der Waals surface area contributed by atoms with Gasteiger partial charge >= 0.3 is 0 Å². The van der Waals surface area contributed by atoms with Crippen LogP contribution >= 0.6 is 0 Å². The molecule has 1 aliphatic heterocycles. The second kappa shape index (κ2) is 4.81. The maximum Gasteiger partial charge on any atom is 0.235 e. The number of nitrogens with zero attached hydrogens (tertiary/aromatic N) is 1. The number of phenols is 1. The summed E-state index contributed by atoms with van der Waals surface area (Å²) in [6.07, 6.45) is -0.0883. The standard InChI is InChI=1S/C16H13NO3/c18-13-9-16(20)17(10-13)14-8-12(6-7-15(14)19)11-4-2-1-3-5-11/h1-8,19H,9-10H2. The van der Waals surface area contributed by atoms with Crippen LogP contribution in [0, 0.1) is 0 Å². The molecule has 0 saturated carbocycles. The summed E-state index contributed by atoms with van der Waals surface area (Å²) in [7, 11) is 0. The summed E-state index contributed by atoms with van der Waals surface area (Å²) >= 11 is 0. The topological polar surface area (TPSA) is 57.6 Å². The predicted octanol–water partition coefficient (Wildman–Crippen LogP) is 2.37. The summed E-state index contributed by atoms with van der Waals surface area (Å²) in [4.78, 5) is 24.5. The first-order valence-electron chi connectivity index (χ1n) is 6.35. The molecule has 2 aromatic rings. The highest BCUT2D eigenvalue weighted by Crippen LogP contribution is 2.34. The van der Waals surface area contributed by atoms with E-state index in [2.05, 4.69) is 0 Å². The van der Waals surface area contributed by atoms with Crippen LogP contribution in [0.25, 0.3) is 11.1 Å². The van der Waals surface area contributed by atoms with Crippen LogP contribution in [0.4, 0.5) is 5.69 Å². The molecular formula is C16H13NO3.